The minimum Gasteiger partial charge on any atom is -0.465 e. The molecule has 1 aliphatic rings. The van der Waals surface area contributed by atoms with Crippen molar-refractivity contribution >= 4 is 45.9 Å². The number of methoxy groups -OCH3 is 1. The molecular formula is C22H24N4O3S2. The number of ether oxygens (including phenoxy) is 1. The number of anilines is 2. The number of nitrogens with zero attached hydrogens (tertiary/aromatic N) is 2. The van der Waals surface area contributed by atoms with Crippen molar-refractivity contribution in [3.63, 3.8) is 0 Å². The highest BCUT2D eigenvalue weighted by atomic mass is 32.1. The summed E-state index contributed by atoms with van der Waals surface area (Å²) in [5.41, 5.74) is 9.01. The van der Waals surface area contributed by atoms with Crippen molar-refractivity contribution < 1.29 is 14.3 Å². The molecule has 7 nitrogen and oxygen atoms in total. The predicted octanol–water partition coefficient (Wildman–Crippen LogP) is 3.76. The van der Waals surface area contributed by atoms with Gasteiger partial charge in [-0.1, -0.05) is 12.1 Å². The van der Waals surface area contributed by atoms with Crippen molar-refractivity contribution in [3.05, 3.63) is 62.2 Å². The van der Waals surface area contributed by atoms with Crippen molar-refractivity contribution in [2.45, 2.75) is 25.3 Å². The Labute approximate surface area is 188 Å². The summed E-state index contributed by atoms with van der Waals surface area (Å²) in [4.78, 5) is 32.1. The van der Waals surface area contributed by atoms with Crippen molar-refractivity contribution in [3.8, 4) is 0 Å². The van der Waals surface area contributed by atoms with Crippen molar-refractivity contribution in [1.82, 2.24) is 4.98 Å². The molecule has 1 amide bonds. The number of hydrogen-bond donors (Lipinski definition) is 2. The molecule has 0 unspecified atom stereocenters. The third-order valence-corrected chi connectivity index (χ3v) is 7.06. The van der Waals surface area contributed by atoms with Crippen LogP contribution in [0.5, 0.6) is 0 Å². The number of amides is 1. The Hall–Kier alpha value is -2.75. The van der Waals surface area contributed by atoms with Gasteiger partial charge in [0.2, 0.25) is 0 Å². The van der Waals surface area contributed by atoms with Crippen LogP contribution in [0.4, 0.5) is 11.4 Å². The minimum absolute atomic E-state index is 0.245. The lowest BCUT2D eigenvalue weighted by atomic mass is 10.0. The van der Waals surface area contributed by atoms with Gasteiger partial charge in [-0.3, -0.25) is 4.79 Å². The Morgan fingerprint density at radius 2 is 2.00 bits per heavy atom. The summed E-state index contributed by atoms with van der Waals surface area (Å²) in [5, 5.41) is 7.38. The number of aromatic nitrogens is 1. The number of thiazole rings is 1. The van der Waals surface area contributed by atoms with Crippen molar-refractivity contribution in [2.75, 3.05) is 30.4 Å². The van der Waals surface area contributed by atoms with E-state index in [0.717, 1.165) is 47.9 Å². The zero-order chi connectivity index (χ0) is 21.8. The van der Waals surface area contributed by atoms with Crippen LogP contribution in [0, 0.1) is 0 Å². The summed E-state index contributed by atoms with van der Waals surface area (Å²) in [7, 11) is 1.37. The lowest BCUT2D eigenvalue weighted by Crippen LogP contribution is -2.40. The summed E-state index contributed by atoms with van der Waals surface area (Å²) >= 11 is 2.75. The Morgan fingerprint density at radius 1 is 1.23 bits per heavy atom. The van der Waals surface area contributed by atoms with Crippen molar-refractivity contribution in [2.24, 2.45) is 5.73 Å². The van der Waals surface area contributed by atoms with E-state index in [1.54, 1.807) is 5.38 Å². The maximum absolute atomic E-state index is 12.9. The molecule has 162 valence electrons. The van der Waals surface area contributed by atoms with Crippen LogP contribution in [0.1, 0.15) is 43.6 Å². The molecule has 0 atom stereocenters. The first-order valence-corrected chi connectivity index (χ1v) is 11.8. The van der Waals surface area contributed by atoms with E-state index < -0.39 is 0 Å². The van der Waals surface area contributed by atoms with E-state index in [-0.39, 0.29) is 17.9 Å². The first-order chi connectivity index (χ1) is 15.0. The molecule has 3 heterocycles. The SMILES string of the molecule is COC(=O)c1sccc1Cc1nc(C(=O)Nc2ccccc2N2CCC(N)CC2)cs1. The van der Waals surface area contributed by atoms with E-state index in [1.807, 2.05) is 35.7 Å². The first-order valence-electron chi connectivity index (χ1n) is 10.0. The number of carbonyl (C=O) groups excluding carboxylic acids is 2. The molecule has 2 aromatic heterocycles. The lowest BCUT2D eigenvalue weighted by Gasteiger charge is -2.33. The van der Waals surface area contributed by atoms with E-state index in [0.29, 0.717) is 17.0 Å². The maximum Gasteiger partial charge on any atom is 0.348 e. The molecule has 3 N–H and O–H groups in total. The van der Waals surface area contributed by atoms with Crippen LogP contribution in [0.15, 0.2) is 41.1 Å². The second-order valence-electron chi connectivity index (χ2n) is 7.37. The van der Waals surface area contributed by atoms with Gasteiger partial charge in [-0.15, -0.1) is 22.7 Å². The predicted molar refractivity (Wildman–Crippen MR) is 124 cm³/mol. The largest absolute Gasteiger partial charge is 0.465 e. The van der Waals surface area contributed by atoms with Crippen LogP contribution in [-0.4, -0.2) is 43.1 Å². The number of piperidine rings is 1. The average molecular weight is 457 g/mol. The van der Waals surface area contributed by atoms with Crippen LogP contribution >= 0.6 is 22.7 Å². The Kier molecular flexibility index (Phi) is 6.64. The van der Waals surface area contributed by atoms with Gasteiger partial charge in [-0.25, -0.2) is 9.78 Å². The van der Waals surface area contributed by atoms with Gasteiger partial charge in [0.15, 0.2) is 0 Å². The van der Waals surface area contributed by atoms with E-state index >= 15 is 0 Å². The average Bonchev–Trinajstić information content (AvgIpc) is 3.44. The molecular weight excluding hydrogens is 432 g/mol. The van der Waals surface area contributed by atoms with Gasteiger partial charge in [-0.05, 0) is 42.0 Å². The highest BCUT2D eigenvalue weighted by Gasteiger charge is 2.21. The monoisotopic (exact) mass is 456 g/mol. The summed E-state index contributed by atoms with van der Waals surface area (Å²) in [6.07, 6.45) is 2.36. The lowest BCUT2D eigenvalue weighted by molar-refractivity contribution is 0.0605. The zero-order valence-corrected chi connectivity index (χ0v) is 18.8. The number of esters is 1. The summed E-state index contributed by atoms with van der Waals surface area (Å²) in [5.74, 6) is -0.600. The van der Waals surface area contributed by atoms with Gasteiger partial charge >= 0.3 is 5.97 Å². The second-order valence-corrected chi connectivity index (χ2v) is 9.22. The molecule has 0 aliphatic carbocycles. The third-order valence-electron chi connectivity index (χ3n) is 5.28. The molecule has 1 aromatic carbocycles. The number of benzene rings is 1. The van der Waals surface area contributed by atoms with Gasteiger partial charge in [0.1, 0.15) is 10.6 Å². The second kappa shape index (κ2) is 9.59. The number of carbonyl (C=O) groups is 2. The molecule has 0 spiro atoms. The van der Waals surface area contributed by atoms with Crippen LogP contribution in [0.25, 0.3) is 0 Å². The number of hydrogen-bond acceptors (Lipinski definition) is 8. The quantitative estimate of drug-likeness (QED) is 0.548. The number of para-hydroxylation sites is 2. The summed E-state index contributed by atoms with van der Waals surface area (Å²) in [6, 6.07) is 9.94. The van der Waals surface area contributed by atoms with E-state index in [9.17, 15) is 9.59 Å². The van der Waals surface area contributed by atoms with Crippen LogP contribution in [0.3, 0.4) is 0 Å². The number of nitrogens with one attached hydrogen (secondary N) is 1. The number of nitrogens with two attached hydrogens (primary N) is 1. The molecule has 1 fully saturated rings. The molecule has 31 heavy (non-hydrogen) atoms. The molecule has 4 rings (SSSR count). The van der Waals surface area contributed by atoms with Gasteiger partial charge in [0, 0.05) is 30.9 Å². The fraction of sp³-hybridized carbons (Fsp3) is 0.318. The molecule has 0 saturated carbocycles. The third kappa shape index (κ3) is 4.95. The molecule has 9 heteroatoms. The highest BCUT2D eigenvalue weighted by Crippen LogP contribution is 2.29. The van der Waals surface area contributed by atoms with Crippen molar-refractivity contribution in [1.29, 1.82) is 0 Å². The van der Waals surface area contributed by atoms with Gasteiger partial charge in [-0.2, -0.15) is 0 Å². The van der Waals surface area contributed by atoms with Crippen LogP contribution in [-0.2, 0) is 11.2 Å². The van der Waals surface area contributed by atoms with Gasteiger partial charge in [0.05, 0.1) is 23.5 Å². The fourth-order valence-electron chi connectivity index (χ4n) is 3.59. The van der Waals surface area contributed by atoms with Gasteiger partial charge in [0.25, 0.3) is 5.91 Å². The smallest absolute Gasteiger partial charge is 0.348 e. The normalized spacial score (nSPS) is 14.5. The maximum atomic E-state index is 12.9. The van der Waals surface area contributed by atoms with Gasteiger partial charge < -0.3 is 20.7 Å². The number of rotatable bonds is 6. The number of thiophene rings is 1. The Balaban J connectivity index is 1.46. The highest BCUT2D eigenvalue weighted by molar-refractivity contribution is 7.12. The first kappa shape index (κ1) is 21.5. The molecule has 0 bridgehead atoms. The standard InChI is InChI=1S/C22H24N4O3S2/c1-29-22(28)20-14(8-11-30-20)12-19-24-17(13-31-19)21(27)25-16-4-2-3-5-18(16)26-9-6-15(23)7-10-26/h2-5,8,11,13,15H,6-7,9-10,12,23H2,1H3,(H,25,27). The topological polar surface area (TPSA) is 97.5 Å². The minimum atomic E-state index is -0.352. The summed E-state index contributed by atoms with van der Waals surface area (Å²) < 4.78 is 4.83. The molecule has 1 aliphatic heterocycles. The molecule has 3 aromatic rings. The zero-order valence-electron chi connectivity index (χ0n) is 17.2. The molecule has 0 radical (unpaired) electrons. The fourth-order valence-corrected chi connectivity index (χ4v) is 5.22. The Bertz CT molecular complexity index is 1070. The summed E-state index contributed by atoms with van der Waals surface area (Å²) in [6.45, 7) is 1.75. The molecule has 1 saturated heterocycles. The van der Waals surface area contributed by atoms with E-state index in [4.69, 9.17) is 10.5 Å². The van der Waals surface area contributed by atoms with Crippen LogP contribution < -0.4 is 16.0 Å². The van der Waals surface area contributed by atoms with E-state index in [2.05, 4.69) is 15.2 Å². The Morgan fingerprint density at radius 3 is 2.77 bits per heavy atom. The van der Waals surface area contributed by atoms with Crippen LogP contribution in [0.2, 0.25) is 0 Å². The van der Waals surface area contributed by atoms with E-state index in [1.165, 1.54) is 29.8 Å².